The standard InChI is InChI=1S/C20H29NO5/c1-25-18-13-16(10-11-17(22)15-7-4-5-8-15)21-14-19(18)26-12-6-2-3-9-20(23)24/h10-11,13-15,17,22H,2-9,12H2,1H3,(H,23,24)/b11-10+. The van der Waals surface area contributed by atoms with Crippen LogP contribution in [0.15, 0.2) is 18.3 Å². The van der Waals surface area contributed by atoms with Crippen molar-refractivity contribution >= 4 is 12.0 Å². The van der Waals surface area contributed by atoms with Gasteiger partial charge in [0.25, 0.3) is 0 Å². The van der Waals surface area contributed by atoms with Crippen molar-refractivity contribution in [2.75, 3.05) is 13.7 Å². The number of rotatable bonds is 11. The van der Waals surface area contributed by atoms with E-state index in [1.54, 1.807) is 25.4 Å². The van der Waals surface area contributed by atoms with Gasteiger partial charge in [-0.25, -0.2) is 0 Å². The average Bonchev–Trinajstić information content (AvgIpc) is 3.17. The molecule has 0 saturated heterocycles. The van der Waals surface area contributed by atoms with Gasteiger partial charge in [0.05, 0.1) is 31.7 Å². The second-order valence-electron chi connectivity index (χ2n) is 6.71. The van der Waals surface area contributed by atoms with Crippen molar-refractivity contribution in [1.29, 1.82) is 0 Å². The van der Waals surface area contributed by atoms with E-state index < -0.39 is 12.1 Å². The van der Waals surface area contributed by atoms with Gasteiger partial charge in [0.2, 0.25) is 0 Å². The second kappa shape index (κ2) is 10.8. The molecule has 1 heterocycles. The van der Waals surface area contributed by atoms with Crippen LogP contribution in [0.3, 0.4) is 0 Å². The number of aliphatic hydroxyl groups is 1. The summed E-state index contributed by atoms with van der Waals surface area (Å²) in [7, 11) is 1.58. The van der Waals surface area contributed by atoms with Crippen molar-refractivity contribution in [1.82, 2.24) is 4.98 Å². The Bertz CT molecular complexity index is 596. The highest BCUT2D eigenvalue weighted by atomic mass is 16.5. The summed E-state index contributed by atoms with van der Waals surface area (Å²) in [6.45, 7) is 0.493. The number of hydrogen-bond donors (Lipinski definition) is 2. The summed E-state index contributed by atoms with van der Waals surface area (Å²) < 4.78 is 11.1. The van der Waals surface area contributed by atoms with Gasteiger partial charge < -0.3 is 19.7 Å². The number of pyridine rings is 1. The van der Waals surface area contributed by atoms with E-state index in [0.29, 0.717) is 36.1 Å². The SMILES string of the molecule is COc1cc(/C=C/C(O)C2CCCC2)ncc1OCCCCCC(=O)O. The maximum Gasteiger partial charge on any atom is 0.303 e. The molecule has 0 bridgehead atoms. The molecule has 2 N–H and O–H groups in total. The van der Waals surface area contributed by atoms with Crippen molar-refractivity contribution in [2.45, 2.75) is 57.5 Å². The number of hydrogen-bond acceptors (Lipinski definition) is 5. The molecule has 0 spiro atoms. The summed E-state index contributed by atoms with van der Waals surface area (Å²) in [5.41, 5.74) is 0.715. The number of carbonyl (C=O) groups is 1. The first-order chi connectivity index (χ1) is 12.6. The third kappa shape index (κ3) is 6.67. The lowest BCUT2D eigenvalue weighted by Crippen LogP contribution is -2.14. The number of ether oxygens (including phenoxy) is 2. The van der Waals surface area contributed by atoms with Crippen LogP contribution in [0, 0.1) is 5.92 Å². The van der Waals surface area contributed by atoms with E-state index in [0.717, 1.165) is 25.7 Å². The Morgan fingerprint density at radius 1 is 1.31 bits per heavy atom. The quantitative estimate of drug-likeness (QED) is 0.583. The van der Waals surface area contributed by atoms with E-state index >= 15 is 0 Å². The van der Waals surface area contributed by atoms with Crippen molar-refractivity contribution in [2.24, 2.45) is 5.92 Å². The van der Waals surface area contributed by atoms with Crippen LogP contribution in [0.5, 0.6) is 11.5 Å². The Labute approximate surface area is 154 Å². The highest BCUT2D eigenvalue weighted by Crippen LogP contribution is 2.29. The number of aliphatic carboxylic acids is 1. The third-order valence-corrected chi connectivity index (χ3v) is 4.71. The summed E-state index contributed by atoms with van der Waals surface area (Å²) >= 11 is 0. The van der Waals surface area contributed by atoms with Gasteiger partial charge in [-0.1, -0.05) is 18.9 Å². The van der Waals surface area contributed by atoms with Gasteiger partial charge in [0, 0.05) is 12.5 Å². The fourth-order valence-corrected chi connectivity index (χ4v) is 3.19. The van der Waals surface area contributed by atoms with Gasteiger partial charge in [-0.2, -0.15) is 0 Å². The lowest BCUT2D eigenvalue weighted by atomic mass is 10.0. The molecule has 1 aromatic heterocycles. The minimum Gasteiger partial charge on any atom is -0.493 e. The van der Waals surface area contributed by atoms with E-state index in [-0.39, 0.29) is 6.42 Å². The zero-order valence-corrected chi connectivity index (χ0v) is 15.4. The molecule has 1 aliphatic rings. The van der Waals surface area contributed by atoms with E-state index in [9.17, 15) is 9.90 Å². The maximum atomic E-state index is 10.5. The van der Waals surface area contributed by atoms with E-state index in [2.05, 4.69) is 4.98 Å². The number of carboxylic acids is 1. The minimum absolute atomic E-state index is 0.193. The van der Waals surface area contributed by atoms with E-state index in [1.807, 2.05) is 6.08 Å². The molecule has 1 fully saturated rings. The lowest BCUT2D eigenvalue weighted by molar-refractivity contribution is -0.137. The monoisotopic (exact) mass is 363 g/mol. The minimum atomic E-state index is -0.765. The highest BCUT2D eigenvalue weighted by Gasteiger charge is 2.20. The summed E-state index contributed by atoms with van der Waals surface area (Å²) in [6.07, 6.45) is 11.8. The van der Waals surface area contributed by atoms with Crippen molar-refractivity contribution < 1.29 is 24.5 Å². The van der Waals surface area contributed by atoms with Gasteiger partial charge in [-0.05, 0) is 44.1 Å². The van der Waals surface area contributed by atoms with Crippen LogP contribution in [0.2, 0.25) is 0 Å². The van der Waals surface area contributed by atoms with Gasteiger partial charge in [-0.3, -0.25) is 9.78 Å². The Kier molecular flexibility index (Phi) is 8.41. The predicted molar refractivity (Wildman–Crippen MR) is 99.4 cm³/mol. The molecule has 6 heteroatoms. The molecule has 1 saturated carbocycles. The van der Waals surface area contributed by atoms with Gasteiger partial charge in [0.1, 0.15) is 0 Å². The Hall–Kier alpha value is -2.08. The highest BCUT2D eigenvalue weighted by molar-refractivity contribution is 5.66. The zero-order valence-electron chi connectivity index (χ0n) is 15.4. The fraction of sp³-hybridized carbons (Fsp3) is 0.600. The normalized spacial score (nSPS) is 16.1. The third-order valence-electron chi connectivity index (χ3n) is 4.71. The second-order valence-corrected chi connectivity index (χ2v) is 6.71. The molecule has 0 aromatic carbocycles. The van der Waals surface area contributed by atoms with Crippen LogP contribution >= 0.6 is 0 Å². The van der Waals surface area contributed by atoms with Crippen LogP contribution in [-0.2, 0) is 4.79 Å². The molecule has 1 aromatic rings. The van der Waals surface area contributed by atoms with Crippen molar-refractivity contribution in [3.8, 4) is 11.5 Å². The largest absolute Gasteiger partial charge is 0.493 e. The van der Waals surface area contributed by atoms with Gasteiger partial charge in [-0.15, -0.1) is 0 Å². The number of nitrogens with zero attached hydrogens (tertiary/aromatic N) is 1. The fourth-order valence-electron chi connectivity index (χ4n) is 3.19. The summed E-state index contributed by atoms with van der Waals surface area (Å²) in [5, 5.41) is 18.8. The Morgan fingerprint density at radius 3 is 2.77 bits per heavy atom. The van der Waals surface area contributed by atoms with Gasteiger partial charge >= 0.3 is 5.97 Å². The molecule has 1 aliphatic carbocycles. The first-order valence-corrected chi connectivity index (χ1v) is 9.35. The van der Waals surface area contributed by atoms with E-state index in [1.165, 1.54) is 12.8 Å². The van der Waals surface area contributed by atoms with Gasteiger partial charge in [0.15, 0.2) is 11.5 Å². The first-order valence-electron chi connectivity index (χ1n) is 9.35. The number of aromatic nitrogens is 1. The zero-order chi connectivity index (χ0) is 18.8. The molecule has 0 aliphatic heterocycles. The lowest BCUT2D eigenvalue weighted by Gasteiger charge is -2.13. The van der Waals surface area contributed by atoms with Crippen LogP contribution in [0.4, 0.5) is 0 Å². The van der Waals surface area contributed by atoms with Crippen LogP contribution in [-0.4, -0.2) is 41.0 Å². The molecule has 1 unspecified atom stereocenters. The number of unbranched alkanes of at least 4 members (excludes halogenated alkanes) is 2. The molecule has 26 heavy (non-hydrogen) atoms. The molecule has 1 atom stereocenters. The van der Waals surface area contributed by atoms with Crippen LogP contribution in [0.1, 0.15) is 57.1 Å². The molecule has 0 radical (unpaired) electrons. The van der Waals surface area contributed by atoms with Crippen molar-refractivity contribution in [3.05, 3.63) is 24.0 Å². The Morgan fingerprint density at radius 2 is 2.08 bits per heavy atom. The number of aliphatic hydroxyl groups excluding tert-OH is 1. The molecular weight excluding hydrogens is 334 g/mol. The molecule has 144 valence electrons. The predicted octanol–water partition coefficient (Wildman–Crippen LogP) is 3.68. The molecule has 0 amide bonds. The first kappa shape index (κ1) is 20.2. The van der Waals surface area contributed by atoms with E-state index in [4.69, 9.17) is 14.6 Å². The summed E-state index contributed by atoms with van der Waals surface area (Å²) in [5.74, 6) is 0.759. The maximum absolute atomic E-state index is 10.5. The van der Waals surface area contributed by atoms with Crippen LogP contribution in [0.25, 0.3) is 6.08 Å². The average molecular weight is 363 g/mol. The molecule has 6 nitrogen and oxygen atoms in total. The number of carboxylic acid groups (broad SMARTS) is 1. The van der Waals surface area contributed by atoms with Crippen molar-refractivity contribution in [3.63, 3.8) is 0 Å². The molecule has 2 rings (SSSR count). The number of methoxy groups -OCH3 is 1. The topological polar surface area (TPSA) is 88.9 Å². The summed E-state index contributed by atoms with van der Waals surface area (Å²) in [4.78, 5) is 14.8. The smallest absolute Gasteiger partial charge is 0.303 e. The molecular formula is C20H29NO5. The van der Waals surface area contributed by atoms with Crippen LogP contribution < -0.4 is 9.47 Å². The Balaban J connectivity index is 1.83. The summed E-state index contributed by atoms with van der Waals surface area (Å²) in [6, 6.07) is 1.79.